The van der Waals surface area contributed by atoms with E-state index in [9.17, 15) is 8.42 Å². The van der Waals surface area contributed by atoms with E-state index in [0.717, 1.165) is 37.0 Å². The molecule has 3 rings (SSSR count). The number of nitrogens with zero attached hydrogens (tertiary/aromatic N) is 2. The summed E-state index contributed by atoms with van der Waals surface area (Å²) in [4.78, 5) is 6.43. The lowest BCUT2D eigenvalue weighted by Crippen LogP contribution is -2.46. The van der Waals surface area contributed by atoms with Gasteiger partial charge in [-0.15, -0.1) is 0 Å². The van der Waals surface area contributed by atoms with E-state index in [1.807, 2.05) is 37.4 Å². The molecule has 0 bridgehead atoms. The van der Waals surface area contributed by atoms with E-state index in [0.29, 0.717) is 12.4 Å². The molecule has 0 aliphatic heterocycles. The minimum Gasteiger partial charge on any atom is -0.439 e. The van der Waals surface area contributed by atoms with E-state index in [1.54, 1.807) is 6.20 Å². The first-order valence-corrected chi connectivity index (χ1v) is 10.3. The zero-order valence-electron chi connectivity index (χ0n) is 14.2. The maximum Gasteiger partial charge on any atom is 0.209 e. The molecule has 1 heterocycles. The molecule has 5 nitrogen and oxygen atoms in total. The van der Waals surface area contributed by atoms with Crippen LogP contribution in [0.4, 0.5) is 0 Å². The number of benzene rings is 1. The molecule has 24 heavy (non-hydrogen) atoms. The molecular formula is C18H24N2O3S. The second-order valence-electron chi connectivity index (χ2n) is 6.62. The predicted molar refractivity (Wildman–Crippen MR) is 94.3 cm³/mol. The van der Waals surface area contributed by atoms with Gasteiger partial charge in [0.1, 0.15) is 0 Å². The van der Waals surface area contributed by atoms with Gasteiger partial charge < -0.3 is 4.42 Å². The summed E-state index contributed by atoms with van der Waals surface area (Å²) in [5.74, 6) is 1.36. The quantitative estimate of drug-likeness (QED) is 0.831. The van der Waals surface area contributed by atoms with Crippen molar-refractivity contribution in [3.05, 3.63) is 42.4 Å². The van der Waals surface area contributed by atoms with Gasteiger partial charge in [-0.2, -0.15) is 0 Å². The summed E-state index contributed by atoms with van der Waals surface area (Å²) in [6.07, 6.45) is 6.78. The summed E-state index contributed by atoms with van der Waals surface area (Å²) < 4.78 is 30.0. The first kappa shape index (κ1) is 17.2. The Kier molecular flexibility index (Phi) is 5.06. The normalized spacial score (nSPS) is 22.0. The number of rotatable bonds is 5. The van der Waals surface area contributed by atoms with Crippen LogP contribution in [-0.2, 0) is 16.4 Å². The van der Waals surface area contributed by atoms with E-state index in [4.69, 9.17) is 4.42 Å². The molecule has 6 heteroatoms. The molecule has 1 aromatic heterocycles. The molecule has 1 aliphatic carbocycles. The first-order chi connectivity index (χ1) is 11.4. The van der Waals surface area contributed by atoms with Gasteiger partial charge in [0.05, 0.1) is 18.0 Å². The van der Waals surface area contributed by atoms with Crippen molar-refractivity contribution in [2.75, 3.05) is 13.3 Å². The average molecular weight is 348 g/mol. The predicted octanol–water partition coefficient (Wildman–Crippen LogP) is 3.13. The highest BCUT2D eigenvalue weighted by Gasteiger charge is 2.35. The van der Waals surface area contributed by atoms with Crippen LogP contribution in [0.3, 0.4) is 0 Å². The van der Waals surface area contributed by atoms with Gasteiger partial charge in [-0.3, -0.25) is 4.90 Å². The summed E-state index contributed by atoms with van der Waals surface area (Å²) in [6.45, 7) is 0.517. The third kappa shape index (κ3) is 3.87. The number of hydrogen-bond acceptors (Lipinski definition) is 5. The van der Waals surface area contributed by atoms with E-state index >= 15 is 0 Å². The number of oxazole rings is 1. The molecule has 0 radical (unpaired) electrons. The van der Waals surface area contributed by atoms with E-state index in [-0.39, 0.29) is 11.3 Å². The maximum absolute atomic E-state index is 12.1. The summed E-state index contributed by atoms with van der Waals surface area (Å²) in [6, 6.07) is 9.87. The monoisotopic (exact) mass is 348 g/mol. The van der Waals surface area contributed by atoms with Crippen LogP contribution in [-0.4, -0.2) is 42.9 Å². The Hall–Kier alpha value is -1.66. The van der Waals surface area contributed by atoms with Crippen LogP contribution in [0.1, 0.15) is 31.6 Å². The Morgan fingerprint density at radius 3 is 2.62 bits per heavy atom. The van der Waals surface area contributed by atoms with E-state index in [2.05, 4.69) is 9.88 Å². The fourth-order valence-electron chi connectivity index (χ4n) is 3.53. The molecule has 1 aromatic carbocycles. The topological polar surface area (TPSA) is 63.4 Å². The molecule has 130 valence electrons. The molecule has 0 N–H and O–H groups in total. The van der Waals surface area contributed by atoms with Crippen molar-refractivity contribution >= 4 is 9.84 Å². The maximum atomic E-state index is 12.1. The van der Waals surface area contributed by atoms with Crippen LogP contribution in [0.5, 0.6) is 0 Å². The van der Waals surface area contributed by atoms with Crippen LogP contribution < -0.4 is 0 Å². The fraction of sp³-hybridized carbons (Fsp3) is 0.500. The molecule has 2 atom stereocenters. The lowest BCUT2D eigenvalue weighted by atomic mass is 9.94. The zero-order valence-corrected chi connectivity index (χ0v) is 15.0. The van der Waals surface area contributed by atoms with Gasteiger partial charge in [-0.1, -0.05) is 43.2 Å². The second kappa shape index (κ2) is 7.07. The van der Waals surface area contributed by atoms with Crippen molar-refractivity contribution < 1.29 is 12.8 Å². The lowest BCUT2D eigenvalue weighted by Gasteiger charge is -2.36. The highest BCUT2D eigenvalue weighted by atomic mass is 32.2. The molecule has 2 aromatic rings. The Morgan fingerprint density at radius 2 is 1.92 bits per heavy atom. The van der Waals surface area contributed by atoms with Crippen molar-refractivity contribution in [2.24, 2.45) is 0 Å². The van der Waals surface area contributed by atoms with Gasteiger partial charge in [0.25, 0.3) is 0 Å². The Bertz CT molecular complexity index is 771. The summed E-state index contributed by atoms with van der Waals surface area (Å²) in [5.41, 5.74) is 0.991. The van der Waals surface area contributed by atoms with Crippen molar-refractivity contribution in [1.29, 1.82) is 0 Å². The van der Waals surface area contributed by atoms with Crippen molar-refractivity contribution in [1.82, 2.24) is 9.88 Å². The van der Waals surface area contributed by atoms with Crippen LogP contribution >= 0.6 is 0 Å². The zero-order chi connectivity index (χ0) is 17.2. The third-order valence-corrected chi connectivity index (χ3v) is 6.43. The van der Waals surface area contributed by atoms with Crippen LogP contribution in [0.2, 0.25) is 0 Å². The minimum absolute atomic E-state index is 0.0285. The van der Waals surface area contributed by atoms with Gasteiger partial charge in [0, 0.05) is 17.9 Å². The SMILES string of the molecule is CN(Cc1ncc(-c2ccccc2)o1)[C@@H]1CCCC[C@@H]1S(C)(=O)=O. The molecule has 0 amide bonds. The Balaban J connectivity index is 1.72. The lowest BCUT2D eigenvalue weighted by molar-refractivity contribution is 0.173. The van der Waals surface area contributed by atoms with Crippen LogP contribution in [0, 0.1) is 0 Å². The molecule has 0 saturated heterocycles. The minimum atomic E-state index is -3.04. The molecule has 0 unspecified atom stereocenters. The van der Waals surface area contributed by atoms with Gasteiger partial charge in [-0.25, -0.2) is 13.4 Å². The highest BCUT2D eigenvalue weighted by molar-refractivity contribution is 7.91. The Labute approximate surface area is 143 Å². The van der Waals surface area contributed by atoms with Crippen LogP contribution in [0.15, 0.2) is 40.9 Å². The summed E-state index contributed by atoms with van der Waals surface area (Å²) >= 11 is 0. The standard InChI is InChI=1S/C18H24N2O3S/c1-20(15-10-6-7-11-17(15)24(2,21)22)13-18-19-12-16(23-18)14-8-4-3-5-9-14/h3-5,8-9,12,15,17H,6-7,10-11,13H2,1-2H3/t15-,17+/m1/s1. The van der Waals surface area contributed by atoms with Gasteiger partial charge >= 0.3 is 0 Å². The number of sulfone groups is 1. The molecular weight excluding hydrogens is 324 g/mol. The number of aromatic nitrogens is 1. The molecule has 0 spiro atoms. The van der Waals surface area contributed by atoms with Crippen LogP contribution in [0.25, 0.3) is 11.3 Å². The number of hydrogen-bond donors (Lipinski definition) is 0. The van der Waals surface area contributed by atoms with Crippen molar-refractivity contribution in [2.45, 2.75) is 43.5 Å². The van der Waals surface area contributed by atoms with Gasteiger partial charge in [0.2, 0.25) is 5.89 Å². The van der Waals surface area contributed by atoms with Crippen molar-refractivity contribution in [3.63, 3.8) is 0 Å². The average Bonchev–Trinajstić information content (AvgIpc) is 3.03. The molecule has 1 saturated carbocycles. The highest BCUT2D eigenvalue weighted by Crippen LogP contribution is 2.28. The largest absolute Gasteiger partial charge is 0.439 e. The summed E-state index contributed by atoms with van der Waals surface area (Å²) in [7, 11) is -1.08. The first-order valence-electron chi connectivity index (χ1n) is 8.34. The summed E-state index contributed by atoms with van der Waals surface area (Å²) in [5, 5.41) is -0.292. The molecule has 1 fully saturated rings. The molecule has 1 aliphatic rings. The second-order valence-corrected chi connectivity index (χ2v) is 8.88. The smallest absolute Gasteiger partial charge is 0.209 e. The fourth-order valence-corrected chi connectivity index (χ4v) is 5.04. The van der Waals surface area contributed by atoms with E-state index < -0.39 is 9.84 Å². The third-order valence-electron chi connectivity index (χ3n) is 4.78. The Morgan fingerprint density at radius 1 is 1.21 bits per heavy atom. The van der Waals surface area contributed by atoms with Gasteiger partial charge in [-0.05, 0) is 19.9 Å². The van der Waals surface area contributed by atoms with Gasteiger partial charge in [0.15, 0.2) is 15.6 Å². The van der Waals surface area contributed by atoms with E-state index in [1.165, 1.54) is 6.26 Å². The van der Waals surface area contributed by atoms with Crippen molar-refractivity contribution in [3.8, 4) is 11.3 Å².